The van der Waals surface area contributed by atoms with Gasteiger partial charge >= 0.3 is 30.3 Å². The lowest BCUT2D eigenvalue weighted by Gasteiger charge is -2.15. The van der Waals surface area contributed by atoms with E-state index in [1.165, 1.54) is 59.2 Å². The van der Waals surface area contributed by atoms with Crippen molar-refractivity contribution in [2.24, 2.45) is 0 Å². The van der Waals surface area contributed by atoms with Gasteiger partial charge in [0.1, 0.15) is 28.5 Å². The number of fused-ring (bicyclic) bond motifs is 2. The molecule has 2 amide bonds. The maximum absolute atomic E-state index is 14.8. The number of nitrogens with one attached hydrogen (secondary N) is 2. The van der Waals surface area contributed by atoms with E-state index in [4.69, 9.17) is 0 Å². The highest BCUT2D eigenvalue weighted by molar-refractivity contribution is 6.10. The fourth-order valence-corrected chi connectivity index (χ4v) is 6.69. The Morgan fingerprint density at radius 1 is 0.429 bits per heavy atom. The number of ketones is 2. The molecule has 4 heterocycles. The van der Waals surface area contributed by atoms with Gasteiger partial charge in [0, 0.05) is 34.6 Å². The Balaban J connectivity index is 0.000000206. The molecule has 0 unspecified atom stereocenters. The first-order valence-electron chi connectivity index (χ1n) is 19.2. The van der Waals surface area contributed by atoms with E-state index in [0.29, 0.717) is 16.5 Å². The SMILES string of the molecule is O=C(c1ccccc1)c1ccc2nc(NC(=O)C(F)(F)F)c(-c3c(F)c(F)c(F)c(F)c3F)n2c1.O=C(c1ccccc1)c1ccc2nc(NC(=O)C(F)(F)F)c(-c3c(F)cccc3C(F)(F)F)n2c1. The summed E-state index contributed by atoms with van der Waals surface area (Å²) in [6, 6.07) is 21.9. The lowest BCUT2D eigenvalue weighted by molar-refractivity contribution is -0.167. The van der Waals surface area contributed by atoms with E-state index in [0.717, 1.165) is 35.0 Å². The molecule has 8 aromatic rings. The summed E-state index contributed by atoms with van der Waals surface area (Å²) in [4.78, 5) is 56.0. The molecule has 4 aromatic heterocycles. The first kappa shape index (κ1) is 49.4. The monoisotopic (exact) mass is 994 g/mol. The minimum absolute atomic E-state index is 0.0686. The molecular weight excluding hydrogens is 974 g/mol. The molecule has 4 aromatic carbocycles. The van der Waals surface area contributed by atoms with Gasteiger partial charge in [-0.25, -0.2) is 36.3 Å². The molecule has 10 nitrogen and oxygen atoms in total. The summed E-state index contributed by atoms with van der Waals surface area (Å²) in [5, 5.41) is 2.68. The molecule has 0 radical (unpaired) electrons. The number of hydrogen-bond acceptors (Lipinski definition) is 6. The van der Waals surface area contributed by atoms with Crippen LogP contribution in [-0.2, 0) is 15.8 Å². The van der Waals surface area contributed by atoms with Crippen LogP contribution in [0.15, 0.2) is 116 Å². The van der Waals surface area contributed by atoms with Gasteiger partial charge < -0.3 is 10.6 Å². The highest BCUT2D eigenvalue weighted by Crippen LogP contribution is 2.42. The van der Waals surface area contributed by atoms with Crippen LogP contribution in [-0.4, -0.2) is 54.5 Å². The minimum Gasteiger partial charge on any atom is -0.301 e. The van der Waals surface area contributed by atoms with Crippen molar-refractivity contribution in [1.82, 2.24) is 18.8 Å². The zero-order valence-corrected chi connectivity index (χ0v) is 34.1. The first-order valence-corrected chi connectivity index (χ1v) is 19.2. The Labute approximate surface area is 379 Å². The molecule has 8 rings (SSSR count). The Kier molecular flexibility index (Phi) is 13.1. The van der Waals surface area contributed by atoms with Gasteiger partial charge in [0.2, 0.25) is 5.82 Å². The molecule has 360 valence electrons. The van der Waals surface area contributed by atoms with E-state index in [-0.39, 0.29) is 33.5 Å². The van der Waals surface area contributed by atoms with Crippen molar-refractivity contribution >= 4 is 46.3 Å². The standard InChI is InChI=1S/C23H12F7N3O2.C22H9F8N3O2/c24-15-8-4-7-14(22(25,26)27)17(15)18-20(32-21(35)23(28,29)30)31-16-10-9-13(11-33(16)18)19(34)12-5-2-1-3-6-12;23-13-12(14(24)16(26)17(27)15(13)25)18-20(32-21(35)22(28,29)30)31-11-7-6-10(8-33(11)18)19(34)9-4-2-1-3-5-9/h1-11H,(H,32,35);1-8H,(H,32,35). The zero-order valence-electron chi connectivity index (χ0n) is 34.1. The molecule has 0 saturated heterocycles. The Bertz CT molecular complexity index is 3360. The summed E-state index contributed by atoms with van der Waals surface area (Å²) in [6.45, 7) is 0. The van der Waals surface area contributed by atoms with Gasteiger partial charge in [-0.1, -0.05) is 66.7 Å². The molecule has 25 heteroatoms. The maximum atomic E-state index is 14.8. The number of carbonyl (C=O) groups excluding carboxylic acids is 4. The highest BCUT2D eigenvalue weighted by Gasteiger charge is 2.43. The van der Waals surface area contributed by atoms with E-state index in [1.54, 1.807) is 24.3 Å². The van der Waals surface area contributed by atoms with Crippen molar-refractivity contribution < 1.29 is 85.0 Å². The smallest absolute Gasteiger partial charge is 0.301 e. The second kappa shape index (κ2) is 18.5. The van der Waals surface area contributed by atoms with Crippen LogP contribution in [0.25, 0.3) is 33.8 Å². The van der Waals surface area contributed by atoms with Gasteiger partial charge in [-0.2, -0.15) is 39.5 Å². The number of alkyl halides is 9. The van der Waals surface area contributed by atoms with Crippen LogP contribution in [0.5, 0.6) is 0 Å². The van der Waals surface area contributed by atoms with Crippen molar-refractivity contribution in [3.8, 4) is 22.5 Å². The Hall–Kier alpha value is -8.51. The number of amides is 2. The number of rotatable bonds is 8. The molecule has 0 fully saturated rings. The number of benzene rings is 4. The van der Waals surface area contributed by atoms with Crippen molar-refractivity contribution in [2.75, 3.05) is 10.6 Å². The van der Waals surface area contributed by atoms with E-state index >= 15 is 0 Å². The van der Waals surface area contributed by atoms with Crippen molar-refractivity contribution in [2.45, 2.75) is 18.5 Å². The third-order valence-corrected chi connectivity index (χ3v) is 9.81. The number of anilines is 2. The predicted molar refractivity (Wildman–Crippen MR) is 215 cm³/mol. The fourth-order valence-electron chi connectivity index (χ4n) is 6.69. The van der Waals surface area contributed by atoms with Crippen molar-refractivity contribution in [3.63, 3.8) is 0 Å². The van der Waals surface area contributed by atoms with Gasteiger partial charge in [-0.05, 0) is 36.4 Å². The summed E-state index contributed by atoms with van der Waals surface area (Å²) in [7, 11) is 0. The number of halogens is 15. The van der Waals surface area contributed by atoms with Crippen LogP contribution in [0.1, 0.15) is 37.4 Å². The van der Waals surface area contributed by atoms with E-state index in [2.05, 4.69) is 9.97 Å². The number of pyridine rings is 2. The second-order valence-corrected chi connectivity index (χ2v) is 14.3. The molecule has 0 aliphatic heterocycles. The van der Waals surface area contributed by atoms with Gasteiger partial charge in [0.05, 0.1) is 16.7 Å². The number of imidazole rings is 2. The van der Waals surface area contributed by atoms with E-state index in [9.17, 15) is 85.0 Å². The molecule has 0 bridgehead atoms. The van der Waals surface area contributed by atoms with Crippen LogP contribution < -0.4 is 10.6 Å². The molecule has 70 heavy (non-hydrogen) atoms. The molecule has 2 N–H and O–H groups in total. The second-order valence-electron chi connectivity index (χ2n) is 14.3. The van der Waals surface area contributed by atoms with Crippen LogP contribution in [0.4, 0.5) is 77.5 Å². The first-order chi connectivity index (χ1) is 32.8. The average molecular weight is 995 g/mol. The lowest BCUT2D eigenvalue weighted by atomic mass is 10.0. The third-order valence-electron chi connectivity index (χ3n) is 9.81. The predicted octanol–water partition coefficient (Wildman–Crippen LogP) is 11.3. The maximum Gasteiger partial charge on any atom is 0.471 e. The Morgan fingerprint density at radius 2 is 0.814 bits per heavy atom. The van der Waals surface area contributed by atoms with E-state index < -0.39 is 117 Å². The van der Waals surface area contributed by atoms with Crippen LogP contribution in [0, 0.1) is 34.9 Å². The summed E-state index contributed by atoms with van der Waals surface area (Å²) in [6.07, 6.45) is -14.1. The van der Waals surface area contributed by atoms with Crippen molar-refractivity contribution in [1.29, 1.82) is 0 Å². The van der Waals surface area contributed by atoms with Gasteiger partial charge in [0.15, 0.2) is 46.5 Å². The largest absolute Gasteiger partial charge is 0.471 e. The molecule has 0 saturated carbocycles. The molecule has 0 spiro atoms. The normalized spacial score (nSPS) is 11.9. The lowest BCUT2D eigenvalue weighted by Crippen LogP contribution is -2.30. The van der Waals surface area contributed by atoms with E-state index in [1.807, 2.05) is 0 Å². The third kappa shape index (κ3) is 9.61. The topological polar surface area (TPSA) is 127 Å². The number of nitrogens with zero attached hydrogens (tertiary/aromatic N) is 4. The van der Waals surface area contributed by atoms with Gasteiger partial charge in [-0.15, -0.1) is 0 Å². The minimum atomic E-state index is -5.47. The van der Waals surface area contributed by atoms with Crippen LogP contribution in [0.2, 0.25) is 0 Å². The molecule has 0 aliphatic carbocycles. The van der Waals surface area contributed by atoms with Gasteiger partial charge in [-0.3, -0.25) is 28.0 Å². The quantitative estimate of drug-likeness (QED) is 0.0676. The van der Waals surface area contributed by atoms with Crippen LogP contribution in [0.3, 0.4) is 0 Å². The number of hydrogen-bond donors (Lipinski definition) is 2. The summed E-state index contributed by atoms with van der Waals surface area (Å²) < 4.78 is 205. The number of carbonyl (C=O) groups is 4. The van der Waals surface area contributed by atoms with Gasteiger partial charge in [0.25, 0.3) is 0 Å². The summed E-state index contributed by atoms with van der Waals surface area (Å²) in [5.74, 6) is -21.9. The molecule has 0 atom stereocenters. The number of aromatic nitrogens is 4. The Morgan fingerprint density at radius 3 is 1.20 bits per heavy atom. The molecular formula is C45H21F15N6O4. The highest BCUT2D eigenvalue weighted by atomic mass is 19.4. The average Bonchev–Trinajstić information content (AvgIpc) is 3.85. The summed E-state index contributed by atoms with van der Waals surface area (Å²) in [5.41, 5.74) is -6.69. The van der Waals surface area contributed by atoms with Crippen LogP contribution >= 0.6 is 0 Å². The zero-order chi connectivity index (χ0) is 51.2. The van der Waals surface area contributed by atoms with Crippen molar-refractivity contribution in [3.05, 3.63) is 178 Å². The summed E-state index contributed by atoms with van der Waals surface area (Å²) >= 11 is 0. The fraction of sp³-hybridized carbons (Fsp3) is 0.0667. The molecule has 0 aliphatic rings.